The molecule has 4 rings (SSSR count). The molecule has 1 unspecified atom stereocenters. The summed E-state index contributed by atoms with van der Waals surface area (Å²) in [7, 11) is 0. The molecule has 32 heavy (non-hydrogen) atoms. The van der Waals surface area contributed by atoms with Crippen LogP contribution in [0, 0.1) is 18.3 Å². The molecule has 9 heteroatoms. The Morgan fingerprint density at radius 1 is 1.31 bits per heavy atom. The van der Waals surface area contributed by atoms with E-state index in [1.54, 1.807) is 31.5 Å². The summed E-state index contributed by atoms with van der Waals surface area (Å²) in [5.41, 5.74) is 3.74. The topological polar surface area (TPSA) is 129 Å². The monoisotopic (exact) mass is 431 g/mol. The average Bonchev–Trinajstić information content (AvgIpc) is 3.16. The van der Waals surface area contributed by atoms with Crippen molar-refractivity contribution >= 4 is 17.3 Å². The lowest BCUT2D eigenvalue weighted by molar-refractivity contribution is 0.219. The second kappa shape index (κ2) is 8.77. The highest BCUT2D eigenvalue weighted by atomic mass is 16.5. The second-order valence-corrected chi connectivity index (χ2v) is 8.01. The molecule has 0 radical (unpaired) electrons. The number of nitrogens with one attached hydrogen (secondary N) is 2. The van der Waals surface area contributed by atoms with Gasteiger partial charge in [0, 0.05) is 23.7 Å². The Hall–Kier alpha value is -3.77. The zero-order chi connectivity index (χ0) is 22.7. The molecule has 9 nitrogen and oxygen atoms in total. The van der Waals surface area contributed by atoms with E-state index < -0.39 is 5.41 Å². The first-order chi connectivity index (χ1) is 15.5. The maximum Gasteiger partial charge on any atom is 0.241 e. The van der Waals surface area contributed by atoms with Crippen LogP contribution in [-0.2, 0) is 5.41 Å². The highest BCUT2D eigenvalue weighted by molar-refractivity contribution is 5.76. The van der Waals surface area contributed by atoms with E-state index in [0.29, 0.717) is 47.7 Å². The number of hydrogen-bond acceptors (Lipinski definition) is 9. The summed E-state index contributed by atoms with van der Waals surface area (Å²) in [6.07, 6.45) is 4.15. The van der Waals surface area contributed by atoms with Crippen molar-refractivity contribution in [1.29, 1.82) is 5.26 Å². The van der Waals surface area contributed by atoms with Gasteiger partial charge in [-0.15, -0.1) is 0 Å². The number of anilines is 3. The van der Waals surface area contributed by atoms with Gasteiger partial charge in [0.25, 0.3) is 0 Å². The van der Waals surface area contributed by atoms with E-state index in [9.17, 15) is 10.4 Å². The normalized spacial score (nSPS) is 16.7. The van der Waals surface area contributed by atoms with Gasteiger partial charge in [-0.2, -0.15) is 10.2 Å². The molecule has 1 atom stereocenters. The third-order valence-corrected chi connectivity index (χ3v) is 5.43. The van der Waals surface area contributed by atoms with Gasteiger partial charge in [-0.25, -0.2) is 15.0 Å². The fraction of sp³-hybridized carbons (Fsp3) is 0.348. The lowest BCUT2D eigenvalue weighted by Crippen LogP contribution is -2.28. The number of aliphatic hydroxyl groups is 1. The molecule has 3 heterocycles. The van der Waals surface area contributed by atoms with Crippen molar-refractivity contribution in [1.82, 2.24) is 19.9 Å². The van der Waals surface area contributed by atoms with Crippen molar-refractivity contribution in [3.8, 4) is 23.2 Å². The van der Waals surface area contributed by atoms with Crippen LogP contribution in [-0.4, -0.2) is 44.8 Å². The summed E-state index contributed by atoms with van der Waals surface area (Å²) >= 11 is 0. The number of rotatable bonds is 7. The first-order valence-electron chi connectivity index (χ1n) is 10.5. The fourth-order valence-corrected chi connectivity index (χ4v) is 3.61. The molecule has 0 saturated heterocycles. The molecule has 0 saturated carbocycles. The van der Waals surface area contributed by atoms with Crippen molar-refractivity contribution in [2.45, 2.75) is 32.6 Å². The first kappa shape index (κ1) is 21.5. The predicted molar refractivity (Wildman–Crippen MR) is 121 cm³/mol. The van der Waals surface area contributed by atoms with E-state index in [-0.39, 0.29) is 6.61 Å². The predicted octanol–water partition coefficient (Wildman–Crippen LogP) is 3.32. The van der Waals surface area contributed by atoms with Gasteiger partial charge in [0.1, 0.15) is 17.6 Å². The van der Waals surface area contributed by atoms with Crippen LogP contribution in [0.1, 0.15) is 37.2 Å². The largest absolute Gasteiger partial charge is 0.476 e. The quantitative estimate of drug-likeness (QED) is 0.516. The maximum atomic E-state index is 9.93. The molecule has 0 bridgehead atoms. The molecule has 1 aromatic carbocycles. The van der Waals surface area contributed by atoms with Crippen LogP contribution in [0.2, 0.25) is 0 Å². The third-order valence-electron chi connectivity index (χ3n) is 5.43. The molecular weight excluding hydrogens is 406 g/mol. The Balaban J connectivity index is 1.70. The summed E-state index contributed by atoms with van der Waals surface area (Å²) in [4.78, 5) is 17.5. The summed E-state index contributed by atoms with van der Waals surface area (Å²) in [5, 5.41) is 26.0. The highest BCUT2D eigenvalue weighted by Gasteiger charge is 2.35. The molecule has 3 aromatic rings. The minimum Gasteiger partial charge on any atom is -0.476 e. The summed E-state index contributed by atoms with van der Waals surface area (Å²) in [6, 6.07) is 7.81. The molecule has 0 fully saturated rings. The Labute approximate surface area is 186 Å². The lowest BCUT2D eigenvalue weighted by atomic mass is 9.83. The van der Waals surface area contributed by atoms with Crippen LogP contribution in [0.15, 0.2) is 30.6 Å². The van der Waals surface area contributed by atoms with E-state index in [1.807, 2.05) is 19.9 Å². The number of aryl methyl sites for hydroxylation is 1. The van der Waals surface area contributed by atoms with Gasteiger partial charge >= 0.3 is 0 Å². The highest BCUT2D eigenvalue weighted by Crippen LogP contribution is 2.41. The number of aliphatic hydroxyl groups excluding tert-OH is 1. The standard InChI is InChI=1S/C23H25N7O2/c1-4-7-32-21-19(11-26-14(2)28-21)30-22-25-6-5-18(29-22)15-8-16(10-24)20-17(9-15)23(3,13-31)12-27-20/h5-6,8-9,11,27,31H,4,7,12-13H2,1-3H3,(H,25,29,30). The zero-order valence-corrected chi connectivity index (χ0v) is 18.3. The Bertz CT molecular complexity index is 1190. The van der Waals surface area contributed by atoms with Crippen LogP contribution in [0.3, 0.4) is 0 Å². The van der Waals surface area contributed by atoms with Gasteiger partial charge in [0.15, 0.2) is 0 Å². The number of nitrogens with zero attached hydrogens (tertiary/aromatic N) is 5. The van der Waals surface area contributed by atoms with E-state index in [1.165, 1.54) is 0 Å². The van der Waals surface area contributed by atoms with Gasteiger partial charge in [-0.05, 0) is 37.1 Å². The molecule has 1 aliphatic heterocycles. The molecule has 2 aromatic heterocycles. The van der Waals surface area contributed by atoms with E-state index >= 15 is 0 Å². The van der Waals surface area contributed by atoms with E-state index in [2.05, 4.69) is 36.6 Å². The fourth-order valence-electron chi connectivity index (χ4n) is 3.61. The van der Waals surface area contributed by atoms with Crippen LogP contribution in [0.25, 0.3) is 11.3 Å². The van der Waals surface area contributed by atoms with E-state index in [4.69, 9.17) is 4.74 Å². The van der Waals surface area contributed by atoms with Crippen molar-refractivity contribution in [2.75, 3.05) is 30.4 Å². The Kier molecular flexibility index (Phi) is 5.88. The smallest absolute Gasteiger partial charge is 0.241 e. The molecule has 3 N–H and O–H groups in total. The van der Waals surface area contributed by atoms with Gasteiger partial charge in [-0.1, -0.05) is 13.8 Å². The summed E-state index contributed by atoms with van der Waals surface area (Å²) in [5.74, 6) is 1.42. The summed E-state index contributed by atoms with van der Waals surface area (Å²) < 4.78 is 5.73. The van der Waals surface area contributed by atoms with Crippen molar-refractivity contribution in [3.63, 3.8) is 0 Å². The molecule has 0 amide bonds. The minimum absolute atomic E-state index is 0.0220. The van der Waals surface area contributed by atoms with Crippen molar-refractivity contribution < 1.29 is 9.84 Å². The zero-order valence-electron chi connectivity index (χ0n) is 18.3. The maximum absolute atomic E-state index is 9.93. The van der Waals surface area contributed by atoms with E-state index in [0.717, 1.165) is 23.2 Å². The average molecular weight is 432 g/mol. The van der Waals surface area contributed by atoms with Gasteiger partial charge in [0.05, 0.1) is 36.4 Å². The lowest BCUT2D eigenvalue weighted by Gasteiger charge is -2.21. The van der Waals surface area contributed by atoms with Gasteiger partial charge in [0.2, 0.25) is 11.8 Å². The van der Waals surface area contributed by atoms with Gasteiger partial charge in [-0.3, -0.25) is 0 Å². The second-order valence-electron chi connectivity index (χ2n) is 8.01. The minimum atomic E-state index is -0.462. The van der Waals surface area contributed by atoms with Crippen LogP contribution in [0.5, 0.6) is 5.88 Å². The number of nitriles is 1. The Morgan fingerprint density at radius 2 is 2.16 bits per heavy atom. The molecule has 1 aliphatic rings. The summed E-state index contributed by atoms with van der Waals surface area (Å²) in [6.45, 7) is 6.88. The Morgan fingerprint density at radius 3 is 2.91 bits per heavy atom. The molecule has 164 valence electrons. The number of ether oxygens (including phenoxy) is 1. The van der Waals surface area contributed by atoms with Crippen LogP contribution in [0.4, 0.5) is 17.3 Å². The van der Waals surface area contributed by atoms with Gasteiger partial charge < -0.3 is 20.5 Å². The molecular formula is C23H25N7O2. The molecule has 0 aliphatic carbocycles. The first-order valence-corrected chi connectivity index (χ1v) is 10.5. The van der Waals surface area contributed by atoms with Crippen molar-refractivity contribution in [2.24, 2.45) is 0 Å². The SMILES string of the molecule is CCCOc1nc(C)ncc1Nc1nccc(-c2cc(C#N)c3c(c2)C(C)(CO)CN3)n1. The number of fused-ring (bicyclic) bond motifs is 1. The number of benzene rings is 1. The number of hydrogen-bond donors (Lipinski definition) is 3. The van der Waals surface area contributed by atoms with Crippen LogP contribution < -0.4 is 15.4 Å². The number of aromatic nitrogens is 4. The van der Waals surface area contributed by atoms with Crippen molar-refractivity contribution in [3.05, 3.63) is 47.5 Å². The third kappa shape index (κ3) is 4.05. The molecule has 0 spiro atoms. The van der Waals surface area contributed by atoms with Crippen LogP contribution >= 0.6 is 0 Å².